The lowest BCUT2D eigenvalue weighted by atomic mass is 10.1. The monoisotopic (exact) mass is 283 g/mol. The molecule has 2 atom stereocenters. The van der Waals surface area contributed by atoms with E-state index in [1.54, 1.807) is 6.92 Å². The summed E-state index contributed by atoms with van der Waals surface area (Å²) in [4.78, 5) is 11.6. The Bertz CT molecular complexity index is 462. The molecule has 0 spiro atoms. The van der Waals surface area contributed by atoms with Crippen LogP contribution in [-0.4, -0.2) is 24.5 Å². The molecule has 0 radical (unpaired) electrons. The van der Waals surface area contributed by atoms with Crippen LogP contribution in [0.25, 0.3) is 0 Å². The fourth-order valence-corrected chi connectivity index (χ4v) is 1.92. The van der Waals surface area contributed by atoms with Crippen LogP contribution in [0, 0.1) is 0 Å². The van der Waals surface area contributed by atoms with Gasteiger partial charge in [-0.25, -0.2) is 0 Å². The van der Waals surface area contributed by atoms with E-state index in [0.29, 0.717) is 13.2 Å². The van der Waals surface area contributed by atoms with Crippen LogP contribution in [0.1, 0.15) is 31.9 Å². The molecule has 1 N–H and O–H groups in total. The van der Waals surface area contributed by atoms with Crippen molar-refractivity contribution in [3.8, 4) is 11.5 Å². The zero-order chi connectivity index (χ0) is 13.8. The van der Waals surface area contributed by atoms with Crippen LogP contribution >= 0.6 is 11.6 Å². The summed E-state index contributed by atoms with van der Waals surface area (Å²) in [6.07, 6.45) is 0.875. The predicted molar refractivity (Wildman–Crippen MR) is 73.9 cm³/mol. The Balaban J connectivity index is 2.12. The summed E-state index contributed by atoms with van der Waals surface area (Å²) >= 11 is 5.74. The van der Waals surface area contributed by atoms with Gasteiger partial charge >= 0.3 is 0 Å². The minimum atomic E-state index is -0.539. The van der Waals surface area contributed by atoms with Crippen LogP contribution in [0.2, 0.25) is 0 Å². The molecule has 0 fully saturated rings. The third-order valence-corrected chi connectivity index (χ3v) is 3.19. The Morgan fingerprint density at radius 2 is 1.95 bits per heavy atom. The first-order chi connectivity index (χ1) is 9.08. The van der Waals surface area contributed by atoms with Gasteiger partial charge in [-0.2, -0.15) is 0 Å². The summed E-state index contributed by atoms with van der Waals surface area (Å²) in [5.41, 5.74) is 0.968. The standard InChI is InChI=1S/C14H18ClNO3/c1-9(15)14(17)16-10(2)11-4-5-12-13(8-11)19-7-3-6-18-12/h4-5,8-10H,3,6-7H2,1-2H3,(H,16,17). The number of halogens is 1. The maximum Gasteiger partial charge on any atom is 0.238 e. The topological polar surface area (TPSA) is 47.6 Å². The van der Waals surface area contributed by atoms with Gasteiger partial charge < -0.3 is 14.8 Å². The largest absolute Gasteiger partial charge is 0.490 e. The van der Waals surface area contributed by atoms with E-state index in [0.717, 1.165) is 23.5 Å². The van der Waals surface area contributed by atoms with Gasteiger partial charge in [0.2, 0.25) is 5.91 Å². The predicted octanol–water partition coefficient (Wildman–Crippen LogP) is 2.65. The van der Waals surface area contributed by atoms with E-state index in [9.17, 15) is 4.79 Å². The van der Waals surface area contributed by atoms with Crippen LogP contribution in [0.3, 0.4) is 0 Å². The quantitative estimate of drug-likeness (QED) is 0.868. The van der Waals surface area contributed by atoms with Crippen molar-refractivity contribution >= 4 is 17.5 Å². The summed E-state index contributed by atoms with van der Waals surface area (Å²) in [5, 5.41) is 2.31. The number of hydrogen-bond donors (Lipinski definition) is 1. The Morgan fingerprint density at radius 3 is 2.63 bits per heavy atom. The Kier molecular flexibility index (Phi) is 4.53. The van der Waals surface area contributed by atoms with Crippen molar-refractivity contribution in [1.82, 2.24) is 5.32 Å². The van der Waals surface area contributed by atoms with Crippen LogP contribution in [-0.2, 0) is 4.79 Å². The number of benzene rings is 1. The number of fused-ring (bicyclic) bond motifs is 1. The fourth-order valence-electron chi connectivity index (χ4n) is 1.86. The molecule has 0 saturated heterocycles. The fraction of sp³-hybridized carbons (Fsp3) is 0.500. The molecule has 5 heteroatoms. The van der Waals surface area contributed by atoms with Gasteiger partial charge in [0.1, 0.15) is 5.38 Å². The number of carbonyl (C=O) groups is 1. The molecule has 1 aromatic rings. The number of rotatable bonds is 3. The van der Waals surface area contributed by atoms with Gasteiger partial charge in [0.25, 0.3) is 0 Å². The van der Waals surface area contributed by atoms with E-state index >= 15 is 0 Å². The van der Waals surface area contributed by atoms with E-state index in [2.05, 4.69) is 5.32 Å². The summed E-state index contributed by atoms with van der Waals surface area (Å²) in [5.74, 6) is 1.31. The van der Waals surface area contributed by atoms with Gasteiger partial charge in [-0.15, -0.1) is 11.6 Å². The minimum absolute atomic E-state index is 0.120. The summed E-state index contributed by atoms with van der Waals surface area (Å²) in [7, 11) is 0. The van der Waals surface area contributed by atoms with Crippen molar-refractivity contribution in [3.05, 3.63) is 23.8 Å². The Labute approximate surface area is 118 Å². The van der Waals surface area contributed by atoms with Crippen LogP contribution in [0.5, 0.6) is 11.5 Å². The summed E-state index contributed by atoms with van der Waals surface area (Å²) < 4.78 is 11.2. The molecule has 0 saturated carbocycles. The van der Waals surface area contributed by atoms with Gasteiger partial charge in [-0.3, -0.25) is 4.79 Å². The Hall–Kier alpha value is -1.42. The molecule has 1 amide bonds. The second kappa shape index (κ2) is 6.15. The third-order valence-electron chi connectivity index (χ3n) is 2.99. The molecule has 1 heterocycles. The molecular weight excluding hydrogens is 266 g/mol. The number of ether oxygens (including phenoxy) is 2. The lowest BCUT2D eigenvalue weighted by molar-refractivity contribution is -0.121. The maximum atomic E-state index is 11.6. The van der Waals surface area contributed by atoms with Crippen LogP contribution in [0.15, 0.2) is 18.2 Å². The first-order valence-electron chi connectivity index (χ1n) is 6.42. The van der Waals surface area contributed by atoms with Crippen LogP contribution < -0.4 is 14.8 Å². The molecule has 4 nitrogen and oxygen atoms in total. The van der Waals surface area contributed by atoms with Crippen LogP contribution in [0.4, 0.5) is 0 Å². The summed E-state index contributed by atoms with van der Waals surface area (Å²) in [6, 6.07) is 5.59. The van der Waals surface area contributed by atoms with Crippen molar-refractivity contribution in [3.63, 3.8) is 0 Å². The van der Waals surface area contributed by atoms with Crippen molar-refractivity contribution in [2.24, 2.45) is 0 Å². The molecule has 0 bridgehead atoms. The lowest BCUT2D eigenvalue weighted by Gasteiger charge is -2.17. The molecule has 2 rings (SSSR count). The highest BCUT2D eigenvalue weighted by Crippen LogP contribution is 2.32. The molecule has 104 valence electrons. The van der Waals surface area contributed by atoms with E-state index in [1.807, 2.05) is 25.1 Å². The molecule has 0 aromatic heterocycles. The number of hydrogen-bond acceptors (Lipinski definition) is 3. The van der Waals surface area contributed by atoms with Gasteiger partial charge in [0.05, 0.1) is 19.3 Å². The molecule has 1 aliphatic rings. The second-order valence-corrected chi connectivity index (χ2v) is 5.26. The number of carbonyl (C=O) groups excluding carboxylic acids is 1. The molecule has 1 aromatic carbocycles. The number of amides is 1. The zero-order valence-corrected chi connectivity index (χ0v) is 11.9. The number of nitrogens with one attached hydrogen (secondary N) is 1. The Morgan fingerprint density at radius 1 is 1.26 bits per heavy atom. The molecule has 2 unspecified atom stereocenters. The second-order valence-electron chi connectivity index (χ2n) is 4.60. The minimum Gasteiger partial charge on any atom is -0.490 e. The van der Waals surface area contributed by atoms with Gasteiger partial charge in [0, 0.05) is 6.42 Å². The van der Waals surface area contributed by atoms with Crippen molar-refractivity contribution in [2.45, 2.75) is 31.7 Å². The van der Waals surface area contributed by atoms with E-state index < -0.39 is 5.38 Å². The van der Waals surface area contributed by atoms with E-state index in [-0.39, 0.29) is 11.9 Å². The lowest BCUT2D eigenvalue weighted by Crippen LogP contribution is -2.31. The van der Waals surface area contributed by atoms with Gasteiger partial charge in [-0.05, 0) is 31.5 Å². The molecule has 19 heavy (non-hydrogen) atoms. The van der Waals surface area contributed by atoms with E-state index in [4.69, 9.17) is 21.1 Å². The third kappa shape index (κ3) is 3.53. The highest BCUT2D eigenvalue weighted by atomic mass is 35.5. The number of alkyl halides is 1. The van der Waals surface area contributed by atoms with Crippen molar-refractivity contribution in [1.29, 1.82) is 0 Å². The molecule has 0 aliphatic carbocycles. The molecular formula is C14H18ClNO3. The normalized spacial score (nSPS) is 17.2. The first kappa shape index (κ1) is 14.0. The summed E-state index contributed by atoms with van der Waals surface area (Å²) in [6.45, 7) is 4.88. The smallest absolute Gasteiger partial charge is 0.238 e. The average molecular weight is 284 g/mol. The SMILES string of the molecule is CC(Cl)C(=O)NC(C)c1ccc2c(c1)OCCCO2. The maximum absolute atomic E-state index is 11.6. The van der Waals surface area contributed by atoms with Gasteiger partial charge in [0.15, 0.2) is 11.5 Å². The molecule has 1 aliphatic heterocycles. The van der Waals surface area contributed by atoms with Gasteiger partial charge in [-0.1, -0.05) is 6.07 Å². The first-order valence-corrected chi connectivity index (χ1v) is 6.85. The average Bonchev–Trinajstić information content (AvgIpc) is 2.62. The highest BCUT2D eigenvalue weighted by molar-refractivity contribution is 6.30. The highest BCUT2D eigenvalue weighted by Gasteiger charge is 2.16. The zero-order valence-electron chi connectivity index (χ0n) is 11.1. The van der Waals surface area contributed by atoms with E-state index in [1.165, 1.54) is 0 Å². The van der Waals surface area contributed by atoms with Crippen molar-refractivity contribution in [2.75, 3.05) is 13.2 Å². The van der Waals surface area contributed by atoms with Crippen molar-refractivity contribution < 1.29 is 14.3 Å².